The number of carboxylic acid groups (broad SMARTS) is 1. The zero-order valence-electron chi connectivity index (χ0n) is 17.9. The van der Waals surface area contributed by atoms with Gasteiger partial charge in [0.2, 0.25) is 0 Å². The number of hydrogen-bond donors (Lipinski definition) is 4. The number of benzene rings is 3. The highest BCUT2D eigenvalue weighted by molar-refractivity contribution is 7.17. The lowest BCUT2D eigenvalue weighted by molar-refractivity contribution is -0.136. The number of nitrogens with two attached hydrogens (primary N) is 3. The normalized spacial score (nSPS) is 11.4. The molecule has 0 atom stereocenters. The fourth-order valence-electron chi connectivity index (χ4n) is 4.39. The van der Waals surface area contributed by atoms with Crippen LogP contribution in [-0.4, -0.2) is 15.6 Å². The van der Waals surface area contributed by atoms with Gasteiger partial charge >= 0.3 is 5.97 Å². The van der Waals surface area contributed by atoms with E-state index in [1.54, 1.807) is 17.4 Å². The summed E-state index contributed by atoms with van der Waals surface area (Å²) in [5.74, 6) is -0.852. The minimum absolute atomic E-state index is 0.0320. The average Bonchev–Trinajstić information content (AvgIpc) is 3.33. The SMILES string of the molecule is NCc1ccc2scc(Cn3cc(CC(=O)O)c4ccc(-c5cc(N)cc(N)c5)cc43)c2c1. The molecule has 0 aliphatic rings. The van der Waals surface area contributed by atoms with E-state index in [-0.39, 0.29) is 6.42 Å². The number of nitrogens with zero attached hydrogens (tertiary/aromatic N) is 1. The van der Waals surface area contributed by atoms with E-state index >= 15 is 0 Å². The lowest BCUT2D eigenvalue weighted by Crippen LogP contribution is -2.00. The van der Waals surface area contributed by atoms with Crippen molar-refractivity contribution < 1.29 is 9.90 Å². The first kappa shape index (κ1) is 21.1. The summed E-state index contributed by atoms with van der Waals surface area (Å²) in [7, 11) is 0. The Morgan fingerprint density at radius 2 is 1.70 bits per heavy atom. The summed E-state index contributed by atoms with van der Waals surface area (Å²) in [6.07, 6.45) is 1.92. The van der Waals surface area contributed by atoms with Crippen LogP contribution in [0.2, 0.25) is 0 Å². The van der Waals surface area contributed by atoms with Gasteiger partial charge in [0.25, 0.3) is 0 Å². The Hall–Kier alpha value is -3.81. The van der Waals surface area contributed by atoms with Crippen LogP contribution in [-0.2, 0) is 24.3 Å². The van der Waals surface area contributed by atoms with Crippen molar-refractivity contribution in [2.45, 2.75) is 19.5 Å². The molecule has 0 spiro atoms. The third-order valence-corrected chi connectivity index (χ3v) is 6.92. The number of aliphatic carboxylic acids is 1. The molecule has 2 aromatic heterocycles. The summed E-state index contributed by atoms with van der Waals surface area (Å²) in [5.41, 5.74) is 25.0. The fraction of sp³-hybridized carbons (Fsp3) is 0.115. The van der Waals surface area contributed by atoms with E-state index in [0.717, 1.165) is 33.2 Å². The molecule has 0 unspecified atom stereocenters. The molecule has 166 valence electrons. The first-order valence-electron chi connectivity index (χ1n) is 10.6. The minimum atomic E-state index is -0.852. The lowest BCUT2D eigenvalue weighted by Gasteiger charge is -2.09. The predicted molar refractivity (Wildman–Crippen MR) is 136 cm³/mol. The molecule has 33 heavy (non-hydrogen) atoms. The molecule has 2 heterocycles. The maximum atomic E-state index is 11.5. The third-order valence-electron chi connectivity index (χ3n) is 5.91. The number of thiophene rings is 1. The van der Waals surface area contributed by atoms with Gasteiger partial charge in [-0.1, -0.05) is 18.2 Å². The van der Waals surface area contributed by atoms with Gasteiger partial charge in [-0.15, -0.1) is 11.3 Å². The quantitative estimate of drug-likeness (QED) is 0.273. The Morgan fingerprint density at radius 1 is 0.909 bits per heavy atom. The van der Waals surface area contributed by atoms with E-state index in [1.807, 2.05) is 30.5 Å². The Bertz CT molecular complexity index is 1500. The van der Waals surface area contributed by atoms with Crippen molar-refractivity contribution in [1.29, 1.82) is 0 Å². The van der Waals surface area contributed by atoms with Gasteiger partial charge in [0.1, 0.15) is 0 Å². The molecule has 0 aliphatic heterocycles. The number of carboxylic acids is 1. The van der Waals surface area contributed by atoms with Crippen LogP contribution < -0.4 is 17.2 Å². The van der Waals surface area contributed by atoms with Crippen LogP contribution in [0.1, 0.15) is 16.7 Å². The third kappa shape index (κ3) is 4.04. The Morgan fingerprint density at radius 3 is 2.42 bits per heavy atom. The number of nitrogen functional groups attached to an aromatic ring is 2. The van der Waals surface area contributed by atoms with Crippen LogP contribution >= 0.6 is 11.3 Å². The van der Waals surface area contributed by atoms with Gasteiger partial charge in [-0.05, 0) is 75.0 Å². The van der Waals surface area contributed by atoms with Gasteiger partial charge in [0.15, 0.2) is 0 Å². The van der Waals surface area contributed by atoms with E-state index in [4.69, 9.17) is 17.2 Å². The smallest absolute Gasteiger partial charge is 0.307 e. The Labute approximate surface area is 194 Å². The van der Waals surface area contributed by atoms with E-state index in [1.165, 1.54) is 15.6 Å². The van der Waals surface area contributed by atoms with Crippen LogP contribution in [0.5, 0.6) is 0 Å². The molecule has 0 aliphatic carbocycles. The van der Waals surface area contributed by atoms with Gasteiger partial charge < -0.3 is 26.9 Å². The highest BCUT2D eigenvalue weighted by Crippen LogP contribution is 2.33. The second-order valence-corrected chi connectivity index (χ2v) is 9.18. The summed E-state index contributed by atoms with van der Waals surface area (Å²) < 4.78 is 3.34. The zero-order valence-corrected chi connectivity index (χ0v) is 18.7. The fourth-order valence-corrected chi connectivity index (χ4v) is 5.32. The van der Waals surface area contributed by atoms with Crippen molar-refractivity contribution in [2.24, 2.45) is 5.73 Å². The second-order valence-electron chi connectivity index (χ2n) is 8.27. The van der Waals surface area contributed by atoms with Crippen molar-refractivity contribution in [3.63, 3.8) is 0 Å². The first-order valence-corrected chi connectivity index (χ1v) is 11.5. The van der Waals surface area contributed by atoms with Crippen molar-refractivity contribution in [3.05, 3.63) is 82.9 Å². The number of anilines is 2. The van der Waals surface area contributed by atoms with E-state index in [9.17, 15) is 9.90 Å². The molecule has 0 amide bonds. The molecule has 0 saturated heterocycles. The summed E-state index contributed by atoms with van der Waals surface area (Å²) in [6.45, 7) is 1.12. The van der Waals surface area contributed by atoms with Crippen LogP contribution in [0.15, 0.2) is 66.2 Å². The second kappa shape index (κ2) is 8.27. The summed E-state index contributed by atoms with van der Waals surface area (Å²) >= 11 is 1.70. The van der Waals surface area contributed by atoms with E-state index < -0.39 is 5.97 Å². The highest BCUT2D eigenvalue weighted by Gasteiger charge is 2.15. The van der Waals surface area contributed by atoms with Crippen molar-refractivity contribution in [3.8, 4) is 11.1 Å². The molecule has 7 N–H and O–H groups in total. The van der Waals surface area contributed by atoms with Crippen LogP contribution in [0, 0.1) is 0 Å². The molecule has 0 saturated carbocycles. The number of carbonyl (C=O) groups is 1. The monoisotopic (exact) mass is 456 g/mol. The maximum Gasteiger partial charge on any atom is 0.307 e. The largest absolute Gasteiger partial charge is 0.481 e. The van der Waals surface area contributed by atoms with Crippen LogP contribution in [0.25, 0.3) is 32.1 Å². The van der Waals surface area contributed by atoms with Gasteiger partial charge in [-0.25, -0.2) is 0 Å². The number of hydrogen-bond acceptors (Lipinski definition) is 5. The van der Waals surface area contributed by atoms with Gasteiger partial charge in [0, 0.05) is 46.3 Å². The molecule has 0 radical (unpaired) electrons. The van der Waals surface area contributed by atoms with Gasteiger partial charge in [-0.3, -0.25) is 4.79 Å². The molecule has 5 rings (SSSR count). The lowest BCUT2D eigenvalue weighted by atomic mass is 10.0. The highest BCUT2D eigenvalue weighted by atomic mass is 32.1. The Kier molecular flexibility index (Phi) is 5.28. The molecule has 0 fully saturated rings. The maximum absolute atomic E-state index is 11.5. The van der Waals surface area contributed by atoms with Crippen molar-refractivity contribution >= 4 is 49.7 Å². The first-order chi connectivity index (χ1) is 15.9. The number of rotatable bonds is 6. The topological polar surface area (TPSA) is 120 Å². The van der Waals surface area contributed by atoms with Crippen LogP contribution in [0.4, 0.5) is 11.4 Å². The Balaban J connectivity index is 1.64. The van der Waals surface area contributed by atoms with Gasteiger partial charge in [0.05, 0.1) is 6.42 Å². The molecular formula is C26H24N4O2S. The van der Waals surface area contributed by atoms with E-state index in [2.05, 4.69) is 34.2 Å². The van der Waals surface area contributed by atoms with Crippen molar-refractivity contribution in [2.75, 3.05) is 11.5 Å². The molecule has 7 heteroatoms. The summed E-state index contributed by atoms with van der Waals surface area (Å²) in [5, 5.41) is 13.7. The van der Waals surface area contributed by atoms with E-state index in [0.29, 0.717) is 24.5 Å². The number of fused-ring (bicyclic) bond motifs is 2. The molecule has 3 aromatic carbocycles. The zero-order chi connectivity index (χ0) is 23.1. The van der Waals surface area contributed by atoms with Crippen molar-refractivity contribution in [1.82, 2.24) is 4.57 Å². The summed E-state index contributed by atoms with van der Waals surface area (Å²) in [4.78, 5) is 11.5. The molecule has 5 aromatic rings. The molecule has 6 nitrogen and oxygen atoms in total. The molecular weight excluding hydrogens is 432 g/mol. The van der Waals surface area contributed by atoms with Crippen LogP contribution in [0.3, 0.4) is 0 Å². The molecule has 0 bridgehead atoms. The summed E-state index contributed by atoms with van der Waals surface area (Å²) in [6, 6.07) is 17.9. The average molecular weight is 457 g/mol. The number of aromatic nitrogens is 1. The predicted octanol–water partition coefficient (Wildman–Crippen LogP) is 4.82. The van der Waals surface area contributed by atoms with Gasteiger partial charge in [-0.2, -0.15) is 0 Å². The standard InChI is InChI=1S/C26H24N4O2S/c27-11-15-1-4-25-23(5-15)19(14-33-25)13-30-12-18(9-26(31)32)22-3-2-16(8-24(22)30)17-6-20(28)10-21(29)7-17/h1-8,10,12,14H,9,11,13,27-29H2,(H,31,32). The minimum Gasteiger partial charge on any atom is -0.481 e.